The van der Waals surface area contributed by atoms with Crippen LogP contribution in [0.5, 0.6) is 0 Å². The molecular weight excluding hydrogens is 590 g/mol. The number of hydrogen-bond acceptors (Lipinski definition) is 10. The SMILES string of the molecule is CCc1cnn2c(N(C)C(=O)OC(C)(C)C)cc(Nc3cc(CO[C@@H]4CCC[C@H]4NC(=O)OC(C)(C)C)cc4c3nnn4C)nc12. The molecule has 0 saturated heterocycles. The number of rotatable bonds is 8. The quantitative estimate of drug-likeness (QED) is 0.249. The van der Waals surface area contributed by atoms with Gasteiger partial charge in [-0.05, 0) is 84.9 Å². The van der Waals surface area contributed by atoms with Crippen molar-refractivity contribution in [1.29, 1.82) is 0 Å². The van der Waals surface area contributed by atoms with Crippen LogP contribution in [0.1, 0.15) is 78.9 Å². The summed E-state index contributed by atoms with van der Waals surface area (Å²) in [5, 5.41) is 19.6. The Morgan fingerprint density at radius 2 is 1.80 bits per heavy atom. The van der Waals surface area contributed by atoms with E-state index in [0.29, 0.717) is 41.5 Å². The number of anilines is 3. The van der Waals surface area contributed by atoms with Crippen molar-refractivity contribution < 1.29 is 23.8 Å². The summed E-state index contributed by atoms with van der Waals surface area (Å²) in [7, 11) is 3.48. The second-order valence-corrected chi connectivity index (χ2v) is 13.7. The van der Waals surface area contributed by atoms with Crippen molar-refractivity contribution in [3.63, 3.8) is 0 Å². The maximum absolute atomic E-state index is 13.1. The van der Waals surface area contributed by atoms with Crippen molar-refractivity contribution in [3.05, 3.63) is 35.5 Å². The van der Waals surface area contributed by atoms with Gasteiger partial charge < -0.3 is 24.8 Å². The molecule has 248 valence electrons. The van der Waals surface area contributed by atoms with Gasteiger partial charge in [0, 0.05) is 25.7 Å². The summed E-state index contributed by atoms with van der Waals surface area (Å²) in [6.45, 7) is 13.3. The zero-order valence-corrected chi connectivity index (χ0v) is 28.2. The van der Waals surface area contributed by atoms with E-state index in [1.165, 1.54) is 4.90 Å². The lowest BCUT2D eigenvalue weighted by molar-refractivity contribution is 0.0166. The fourth-order valence-electron chi connectivity index (χ4n) is 5.43. The first-order valence-corrected chi connectivity index (χ1v) is 15.7. The first kappa shape index (κ1) is 32.9. The van der Waals surface area contributed by atoms with E-state index in [9.17, 15) is 9.59 Å². The fraction of sp³-hybridized carbons (Fsp3) is 0.562. The molecule has 0 spiro atoms. The van der Waals surface area contributed by atoms with Crippen LogP contribution in [-0.2, 0) is 34.3 Å². The molecule has 1 saturated carbocycles. The summed E-state index contributed by atoms with van der Waals surface area (Å²) in [6.07, 6.45) is 3.98. The van der Waals surface area contributed by atoms with E-state index in [1.807, 2.05) is 67.6 Å². The standard InChI is InChI=1S/C32H45N9O5/c1-10-20-17-33-41-26(39(8)30(43)46-32(5,6)7)16-25(36-28(20)41)34-22-14-19(15-23-27(22)37-38-40(23)9)18-44-24-13-11-12-21(24)35-29(42)45-31(2,3)4/h14-17,21,24H,10-13,18H2,1-9H3,(H,34,36)(H,35,42)/t21-,24-/m1/s1. The third-order valence-electron chi connectivity index (χ3n) is 7.58. The average Bonchev–Trinajstić information content (AvgIpc) is 3.68. The van der Waals surface area contributed by atoms with Gasteiger partial charge in [-0.3, -0.25) is 4.90 Å². The summed E-state index contributed by atoms with van der Waals surface area (Å²) in [5.41, 5.74) is 3.36. The summed E-state index contributed by atoms with van der Waals surface area (Å²) in [6, 6.07) is 5.58. The molecule has 46 heavy (non-hydrogen) atoms. The van der Waals surface area contributed by atoms with Gasteiger partial charge in [0.1, 0.15) is 28.4 Å². The molecular formula is C32H45N9O5. The van der Waals surface area contributed by atoms with Crippen LogP contribution in [0.2, 0.25) is 0 Å². The molecule has 3 heterocycles. The lowest BCUT2D eigenvalue weighted by atomic mass is 10.1. The molecule has 0 bridgehead atoms. The van der Waals surface area contributed by atoms with Gasteiger partial charge in [0.05, 0.1) is 36.2 Å². The van der Waals surface area contributed by atoms with Gasteiger partial charge in [-0.1, -0.05) is 12.1 Å². The van der Waals surface area contributed by atoms with Crippen molar-refractivity contribution in [3.8, 4) is 0 Å². The summed E-state index contributed by atoms with van der Waals surface area (Å²) >= 11 is 0. The highest BCUT2D eigenvalue weighted by Gasteiger charge is 2.31. The Kier molecular flexibility index (Phi) is 9.12. The third kappa shape index (κ3) is 7.49. The molecule has 0 radical (unpaired) electrons. The number of alkyl carbamates (subject to hydrolysis) is 1. The number of benzene rings is 1. The summed E-state index contributed by atoms with van der Waals surface area (Å²) < 4.78 is 20.8. The molecule has 3 aromatic heterocycles. The van der Waals surface area contributed by atoms with Gasteiger partial charge in [0.25, 0.3) is 0 Å². The van der Waals surface area contributed by atoms with Gasteiger partial charge in [-0.2, -0.15) is 9.61 Å². The van der Waals surface area contributed by atoms with Gasteiger partial charge in [0.15, 0.2) is 5.65 Å². The molecule has 2 N–H and O–H groups in total. The first-order valence-electron chi connectivity index (χ1n) is 15.7. The van der Waals surface area contributed by atoms with E-state index in [2.05, 4.69) is 26.0 Å². The Hall–Kier alpha value is -4.46. The van der Waals surface area contributed by atoms with E-state index in [-0.39, 0.29) is 12.1 Å². The minimum absolute atomic E-state index is 0.130. The van der Waals surface area contributed by atoms with E-state index < -0.39 is 23.4 Å². The van der Waals surface area contributed by atoms with Crippen molar-refractivity contribution in [2.24, 2.45) is 7.05 Å². The third-order valence-corrected chi connectivity index (χ3v) is 7.58. The monoisotopic (exact) mass is 635 g/mol. The number of hydrogen-bond donors (Lipinski definition) is 2. The lowest BCUT2D eigenvalue weighted by Gasteiger charge is -2.25. The van der Waals surface area contributed by atoms with Crippen LogP contribution >= 0.6 is 0 Å². The second kappa shape index (κ2) is 12.7. The molecule has 1 fully saturated rings. The van der Waals surface area contributed by atoms with Gasteiger partial charge in [0.2, 0.25) is 0 Å². The predicted octanol–water partition coefficient (Wildman–Crippen LogP) is 5.65. The van der Waals surface area contributed by atoms with E-state index in [0.717, 1.165) is 35.9 Å². The van der Waals surface area contributed by atoms with Crippen molar-refractivity contribution in [1.82, 2.24) is 34.9 Å². The zero-order chi connectivity index (χ0) is 33.4. The molecule has 0 unspecified atom stereocenters. The Morgan fingerprint density at radius 1 is 1.07 bits per heavy atom. The van der Waals surface area contributed by atoms with Crippen molar-refractivity contribution in [2.45, 2.75) is 104 Å². The highest BCUT2D eigenvalue weighted by molar-refractivity contribution is 5.91. The number of fused-ring (bicyclic) bond motifs is 2. The maximum Gasteiger partial charge on any atom is 0.415 e. The number of nitrogens with zero attached hydrogens (tertiary/aromatic N) is 7. The Morgan fingerprint density at radius 3 is 2.50 bits per heavy atom. The molecule has 2 amide bonds. The molecule has 14 nitrogen and oxygen atoms in total. The van der Waals surface area contributed by atoms with Crippen LogP contribution in [-0.4, -0.2) is 72.2 Å². The Bertz CT molecular complexity index is 1730. The average molecular weight is 636 g/mol. The number of ether oxygens (including phenoxy) is 3. The fourth-order valence-corrected chi connectivity index (χ4v) is 5.43. The van der Waals surface area contributed by atoms with Gasteiger partial charge in [-0.25, -0.2) is 19.3 Å². The lowest BCUT2D eigenvalue weighted by Crippen LogP contribution is -2.43. The number of amides is 2. The molecule has 1 aromatic carbocycles. The minimum atomic E-state index is -0.665. The molecule has 4 aromatic rings. The van der Waals surface area contributed by atoms with E-state index in [4.69, 9.17) is 19.2 Å². The second-order valence-electron chi connectivity index (χ2n) is 13.7. The number of carbonyl (C=O) groups excluding carboxylic acids is 2. The molecule has 0 aliphatic heterocycles. The van der Waals surface area contributed by atoms with Crippen LogP contribution in [0.4, 0.5) is 26.9 Å². The largest absolute Gasteiger partial charge is 0.444 e. The minimum Gasteiger partial charge on any atom is -0.444 e. The highest BCUT2D eigenvalue weighted by atomic mass is 16.6. The number of aryl methyl sites for hydroxylation is 2. The van der Waals surface area contributed by atoms with Crippen molar-refractivity contribution in [2.75, 3.05) is 17.3 Å². The number of nitrogens with one attached hydrogen (secondary N) is 2. The Labute approximate surface area is 268 Å². The van der Waals surface area contributed by atoms with E-state index >= 15 is 0 Å². The van der Waals surface area contributed by atoms with Crippen molar-refractivity contribution >= 4 is 46.2 Å². The van der Waals surface area contributed by atoms with Gasteiger partial charge >= 0.3 is 12.2 Å². The molecule has 1 aliphatic carbocycles. The topological polar surface area (TPSA) is 150 Å². The first-order chi connectivity index (χ1) is 21.6. The smallest absolute Gasteiger partial charge is 0.415 e. The van der Waals surface area contributed by atoms with Crippen LogP contribution in [0.3, 0.4) is 0 Å². The summed E-state index contributed by atoms with van der Waals surface area (Å²) in [5.74, 6) is 0.983. The molecule has 14 heteroatoms. The van der Waals surface area contributed by atoms with Crippen LogP contribution in [0.15, 0.2) is 24.4 Å². The predicted molar refractivity (Wildman–Crippen MR) is 174 cm³/mol. The number of aromatic nitrogens is 6. The summed E-state index contributed by atoms with van der Waals surface area (Å²) in [4.78, 5) is 31.8. The zero-order valence-electron chi connectivity index (χ0n) is 28.2. The Balaban J connectivity index is 1.42. The van der Waals surface area contributed by atoms with E-state index in [1.54, 1.807) is 28.5 Å². The molecule has 1 aliphatic rings. The normalized spacial score (nSPS) is 17.0. The van der Waals surface area contributed by atoms with Crippen LogP contribution in [0, 0.1) is 0 Å². The molecule has 2 atom stereocenters. The number of carbonyl (C=O) groups is 2. The highest BCUT2D eigenvalue weighted by Crippen LogP contribution is 2.31. The van der Waals surface area contributed by atoms with Crippen LogP contribution in [0.25, 0.3) is 16.7 Å². The maximum atomic E-state index is 13.1. The van der Waals surface area contributed by atoms with Gasteiger partial charge in [-0.15, -0.1) is 5.10 Å². The molecule has 5 rings (SSSR count). The van der Waals surface area contributed by atoms with Crippen LogP contribution < -0.4 is 15.5 Å².